The zero-order valence-corrected chi connectivity index (χ0v) is 12.9. The molecule has 2 aromatic rings. The molecular weight excluding hydrogens is 278 g/mol. The summed E-state index contributed by atoms with van der Waals surface area (Å²) in [5.74, 6) is 3.06. The maximum absolute atomic E-state index is 5.78. The minimum absolute atomic E-state index is 0.530. The third-order valence-electron chi connectivity index (χ3n) is 4.58. The zero-order chi connectivity index (χ0) is 14.9. The van der Waals surface area contributed by atoms with Crippen molar-refractivity contribution in [1.82, 2.24) is 15.1 Å². The molecule has 1 saturated carbocycles. The molecule has 5 nitrogen and oxygen atoms in total. The molecule has 0 spiro atoms. The Labute approximate surface area is 130 Å². The van der Waals surface area contributed by atoms with Gasteiger partial charge in [0.1, 0.15) is 5.75 Å². The molecule has 0 atom stereocenters. The van der Waals surface area contributed by atoms with Crippen molar-refractivity contribution in [2.24, 2.45) is 0 Å². The van der Waals surface area contributed by atoms with E-state index in [-0.39, 0.29) is 0 Å². The number of methoxy groups -OCH3 is 1. The molecule has 1 aliphatic carbocycles. The van der Waals surface area contributed by atoms with Crippen LogP contribution in [0.1, 0.15) is 41.7 Å². The molecule has 1 aliphatic heterocycles. The van der Waals surface area contributed by atoms with E-state index in [0.29, 0.717) is 5.92 Å². The summed E-state index contributed by atoms with van der Waals surface area (Å²) in [7, 11) is 1.72. The molecule has 116 valence electrons. The normalized spacial score (nSPS) is 18.8. The summed E-state index contributed by atoms with van der Waals surface area (Å²) >= 11 is 0. The van der Waals surface area contributed by atoms with Crippen LogP contribution in [0.25, 0.3) is 0 Å². The van der Waals surface area contributed by atoms with Gasteiger partial charge in [-0.05, 0) is 48.9 Å². The molecule has 22 heavy (non-hydrogen) atoms. The first-order valence-electron chi connectivity index (χ1n) is 8.02. The molecule has 2 heterocycles. The summed E-state index contributed by atoms with van der Waals surface area (Å²) < 4.78 is 11.1. The van der Waals surface area contributed by atoms with Gasteiger partial charge in [0.05, 0.1) is 13.7 Å². The van der Waals surface area contributed by atoms with Gasteiger partial charge in [-0.2, -0.15) is 0 Å². The molecule has 0 N–H and O–H groups in total. The zero-order valence-electron chi connectivity index (χ0n) is 12.9. The Kier molecular flexibility index (Phi) is 3.58. The summed E-state index contributed by atoms with van der Waals surface area (Å²) in [5, 5.41) is 8.37. The second-order valence-electron chi connectivity index (χ2n) is 6.22. The average Bonchev–Trinajstić information content (AvgIpc) is 3.32. The first kappa shape index (κ1) is 13.8. The Bertz CT molecular complexity index is 664. The van der Waals surface area contributed by atoms with Crippen LogP contribution < -0.4 is 4.74 Å². The molecular formula is C17H21N3O2. The maximum atomic E-state index is 5.78. The Hall–Kier alpha value is -1.88. The summed E-state index contributed by atoms with van der Waals surface area (Å²) in [6, 6.07) is 6.40. The monoisotopic (exact) mass is 299 g/mol. The van der Waals surface area contributed by atoms with Gasteiger partial charge < -0.3 is 9.15 Å². The highest BCUT2D eigenvalue weighted by atomic mass is 16.5. The molecule has 0 bridgehead atoms. The van der Waals surface area contributed by atoms with E-state index in [9.17, 15) is 0 Å². The SMILES string of the molecule is COc1ccc2c(c1)CCN(Cc1nnc(C3CC3)o1)CC2. The van der Waals surface area contributed by atoms with Crippen LogP contribution in [0.15, 0.2) is 22.6 Å². The summed E-state index contributed by atoms with van der Waals surface area (Å²) in [6.07, 6.45) is 4.49. The van der Waals surface area contributed by atoms with Gasteiger partial charge in [-0.15, -0.1) is 10.2 Å². The van der Waals surface area contributed by atoms with Crippen molar-refractivity contribution in [3.63, 3.8) is 0 Å². The Morgan fingerprint density at radius 3 is 2.77 bits per heavy atom. The first-order chi connectivity index (χ1) is 10.8. The number of hydrogen-bond donors (Lipinski definition) is 0. The second kappa shape index (κ2) is 5.72. The van der Waals surface area contributed by atoms with Gasteiger partial charge in [-0.25, -0.2) is 0 Å². The highest BCUT2D eigenvalue weighted by Gasteiger charge is 2.29. The van der Waals surface area contributed by atoms with Crippen molar-refractivity contribution in [1.29, 1.82) is 0 Å². The van der Waals surface area contributed by atoms with E-state index in [1.807, 2.05) is 0 Å². The van der Waals surface area contributed by atoms with Crippen molar-refractivity contribution in [3.05, 3.63) is 41.1 Å². The van der Waals surface area contributed by atoms with Gasteiger partial charge in [0.2, 0.25) is 11.8 Å². The smallest absolute Gasteiger partial charge is 0.230 e. The van der Waals surface area contributed by atoms with Crippen molar-refractivity contribution >= 4 is 0 Å². The lowest BCUT2D eigenvalue weighted by atomic mass is 10.0. The molecule has 1 aromatic heterocycles. The van der Waals surface area contributed by atoms with Crippen LogP contribution in [0.4, 0.5) is 0 Å². The minimum Gasteiger partial charge on any atom is -0.497 e. The lowest BCUT2D eigenvalue weighted by Gasteiger charge is -2.16. The minimum atomic E-state index is 0.530. The fraction of sp³-hybridized carbons (Fsp3) is 0.529. The molecule has 1 aromatic carbocycles. The molecule has 1 fully saturated rings. The standard InChI is InChI=1S/C17H21N3O2/c1-21-15-5-4-12-6-8-20(9-7-14(12)10-15)11-16-18-19-17(22-16)13-2-3-13/h4-5,10,13H,2-3,6-9,11H2,1H3. The van der Waals surface area contributed by atoms with E-state index >= 15 is 0 Å². The van der Waals surface area contributed by atoms with E-state index < -0.39 is 0 Å². The largest absolute Gasteiger partial charge is 0.497 e. The van der Waals surface area contributed by atoms with Crippen LogP contribution in [-0.2, 0) is 19.4 Å². The Balaban J connectivity index is 1.42. The number of rotatable bonds is 4. The van der Waals surface area contributed by atoms with Gasteiger partial charge in [-0.1, -0.05) is 6.07 Å². The summed E-state index contributed by atoms with van der Waals surface area (Å²) in [6.45, 7) is 2.80. The van der Waals surface area contributed by atoms with Crippen LogP contribution >= 0.6 is 0 Å². The Morgan fingerprint density at radius 1 is 1.18 bits per heavy atom. The summed E-state index contributed by atoms with van der Waals surface area (Å²) in [4.78, 5) is 2.40. The van der Waals surface area contributed by atoms with Crippen LogP contribution in [0.2, 0.25) is 0 Å². The molecule has 0 amide bonds. The third-order valence-corrected chi connectivity index (χ3v) is 4.58. The molecule has 4 rings (SSSR count). The van der Waals surface area contributed by atoms with E-state index in [0.717, 1.165) is 50.0 Å². The number of hydrogen-bond acceptors (Lipinski definition) is 5. The van der Waals surface area contributed by atoms with E-state index in [1.165, 1.54) is 24.0 Å². The van der Waals surface area contributed by atoms with Gasteiger partial charge in [-0.3, -0.25) is 4.90 Å². The molecule has 0 saturated heterocycles. The van der Waals surface area contributed by atoms with Crippen LogP contribution in [0.3, 0.4) is 0 Å². The average molecular weight is 299 g/mol. The van der Waals surface area contributed by atoms with Gasteiger partial charge in [0, 0.05) is 19.0 Å². The molecule has 0 radical (unpaired) electrons. The quantitative estimate of drug-likeness (QED) is 0.868. The highest BCUT2D eigenvalue weighted by Crippen LogP contribution is 2.39. The van der Waals surface area contributed by atoms with Crippen LogP contribution in [-0.4, -0.2) is 35.3 Å². The number of fused-ring (bicyclic) bond motifs is 1. The summed E-state index contributed by atoms with van der Waals surface area (Å²) in [5.41, 5.74) is 2.82. The second-order valence-corrected chi connectivity index (χ2v) is 6.22. The van der Waals surface area contributed by atoms with Gasteiger partial charge in [0.15, 0.2) is 0 Å². The number of ether oxygens (including phenoxy) is 1. The van der Waals surface area contributed by atoms with Crippen LogP contribution in [0, 0.1) is 0 Å². The number of nitrogens with zero attached hydrogens (tertiary/aromatic N) is 3. The Morgan fingerprint density at radius 2 is 2.00 bits per heavy atom. The van der Waals surface area contributed by atoms with E-state index in [1.54, 1.807) is 7.11 Å². The third kappa shape index (κ3) is 2.86. The fourth-order valence-corrected chi connectivity index (χ4v) is 3.05. The van der Waals surface area contributed by atoms with Crippen molar-refractivity contribution in [3.8, 4) is 5.75 Å². The van der Waals surface area contributed by atoms with E-state index in [2.05, 4.69) is 33.3 Å². The number of benzene rings is 1. The fourth-order valence-electron chi connectivity index (χ4n) is 3.05. The lowest BCUT2D eigenvalue weighted by molar-refractivity contribution is 0.247. The van der Waals surface area contributed by atoms with Gasteiger partial charge >= 0.3 is 0 Å². The van der Waals surface area contributed by atoms with Crippen molar-refractivity contribution in [2.45, 2.75) is 38.1 Å². The maximum Gasteiger partial charge on any atom is 0.230 e. The van der Waals surface area contributed by atoms with Crippen molar-refractivity contribution < 1.29 is 9.15 Å². The van der Waals surface area contributed by atoms with E-state index in [4.69, 9.17) is 9.15 Å². The van der Waals surface area contributed by atoms with Crippen LogP contribution in [0.5, 0.6) is 5.75 Å². The predicted octanol–water partition coefficient (Wildman–Crippen LogP) is 2.56. The number of aromatic nitrogens is 2. The topological polar surface area (TPSA) is 51.4 Å². The van der Waals surface area contributed by atoms with Crippen molar-refractivity contribution in [2.75, 3.05) is 20.2 Å². The molecule has 0 unspecified atom stereocenters. The van der Waals surface area contributed by atoms with Gasteiger partial charge in [0.25, 0.3) is 0 Å². The highest BCUT2D eigenvalue weighted by molar-refractivity contribution is 5.36. The molecule has 2 aliphatic rings. The predicted molar refractivity (Wildman–Crippen MR) is 82.0 cm³/mol. The lowest BCUT2D eigenvalue weighted by Crippen LogP contribution is -2.26. The first-order valence-corrected chi connectivity index (χ1v) is 8.02. The molecule has 5 heteroatoms.